The number of nitrogens with one attached hydrogen (secondary N) is 1. The molecule has 2 fully saturated rings. The van der Waals surface area contributed by atoms with Gasteiger partial charge in [-0.25, -0.2) is 8.42 Å². The average molecular weight is 368 g/mol. The molecular weight excluding hydrogens is 348 g/mol. The highest BCUT2D eigenvalue weighted by Gasteiger charge is 2.30. The van der Waals surface area contributed by atoms with E-state index in [0.717, 1.165) is 47.5 Å². The normalized spacial score (nSPS) is 17.9. The molecule has 0 unspecified atom stereocenters. The Morgan fingerprint density at radius 3 is 2.46 bits per heavy atom. The molecule has 0 bridgehead atoms. The molecule has 5 rings (SSSR count). The van der Waals surface area contributed by atoms with Crippen LogP contribution in [0.4, 0.5) is 5.69 Å². The summed E-state index contributed by atoms with van der Waals surface area (Å²) in [5, 5.41) is 0. The van der Waals surface area contributed by atoms with Gasteiger partial charge in [0.15, 0.2) is 0 Å². The molecule has 0 spiro atoms. The lowest BCUT2D eigenvalue weighted by Crippen LogP contribution is -2.42. The Morgan fingerprint density at radius 2 is 1.81 bits per heavy atom. The summed E-state index contributed by atoms with van der Waals surface area (Å²) in [5.41, 5.74) is 4.73. The molecule has 26 heavy (non-hydrogen) atoms. The van der Waals surface area contributed by atoms with Crippen LogP contribution in [-0.2, 0) is 10.0 Å². The van der Waals surface area contributed by atoms with Crippen LogP contribution in [0.25, 0.3) is 22.3 Å². The number of anilines is 1. The number of benzene rings is 1. The van der Waals surface area contributed by atoms with E-state index in [1.807, 2.05) is 30.3 Å². The van der Waals surface area contributed by atoms with E-state index in [2.05, 4.69) is 14.9 Å². The van der Waals surface area contributed by atoms with Crippen molar-refractivity contribution in [2.45, 2.75) is 17.7 Å². The fourth-order valence-corrected chi connectivity index (χ4v) is 5.05. The van der Waals surface area contributed by atoms with E-state index in [0.29, 0.717) is 18.0 Å². The van der Waals surface area contributed by atoms with Crippen LogP contribution in [0, 0.1) is 0 Å². The topological polar surface area (TPSA) is 69.3 Å². The lowest BCUT2D eigenvalue weighted by molar-refractivity contribution is 0.309. The summed E-state index contributed by atoms with van der Waals surface area (Å²) >= 11 is 0. The highest BCUT2D eigenvalue weighted by atomic mass is 32.2. The first-order valence-corrected chi connectivity index (χ1v) is 10.4. The zero-order chi connectivity index (χ0) is 17.7. The number of aromatic nitrogens is 2. The van der Waals surface area contributed by atoms with Crippen molar-refractivity contribution in [3.05, 3.63) is 42.6 Å². The third kappa shape index (κ3) is 2.42. The van der Waals surface area contributed by atoms with Crippen LogP contribution in [0.15, 0.2) is 47.5 Å². The maximum atomic E-state index is 12.8. The van der Waals surface area contributed by atoms with E-state index in [4.69, 9.17) is 0 Å². The van der Waals surface area contributed by atoms with Gasteiger partial charge in [-0.1, -0.05) is 0 Å². The molecule has 1 N–H and O–H groups in total. The minimum absolute atomic E-state index is 0.364. The molecule has 4 heterocycles. The molecule has 0 amide bonds. The van der Waals surface area contributed by atoms with Gasteiger partial charge in [0.2, 0.25) is 10.0 Å². The summed E-state index contributed by atoms with van der Waals surface area (Å²) in [6.45, 7) is 3.23. The van der Waals surface area contributed by atoms with Gasteiger partial charge >= 0.3 is 0 Å². The molecular formula is C19H20N4O2S. The highest BCUT2D eigenvalue weighted by Crippen LogP contribution is 2.37. The standard InChI is InChI=1S/C19H20N4O2S/c24-26(25,23-10-3-11-23)14-5-6-19(22-8-2-9-22)15(12-14)17-13-18-16(21-17)4-1-7-20-18/h1,4-7,12-13,21H,2-3,8-11H2. The van der Waals surface area contributed by atoms with Gasteiger partial charge in [-0.15, -0.1) is 0 Å². The van der Waals surface area contributed by atoms with Crippen molar-refractivity contribution in [2.24, 2.45) is 0 Å². The maximum Gasteiger partial charge on any atom is 0.243 e. The molecule has 2 aliphatic heterocycles. The molecule has 0 aliphatic carbocycles. The quantitative estimate of drug-likeness (QED) is 0.769. The van der Waals surface area contributed by atoms with Crippen molar-refractivity contribution in [3.63, 3.8) is 0 Å². The molecule has 3 aromatic rings. The summed E-state index contributed by atoms with van der Waals surface area (Å²) in [5.74, 6) is 0. The van der Waals surface area contributed by atoms with E-state index in [1.54, 1.807) is 16.6 Å². The predicted molar refractivity (Wildman–Crippen MR) is 102 cm³/mol. The summed E-state index contributed by atoms with van der Waals surface area (Å²) in [4.78, 5) is 10.4. The Labute approximate surface area is 152 Å². The third-order valence-corrected chi connectivity index (χ3v) is 7.19. The van der Waals surface area contributed by atoms with Crippen LogP contribution < -0.4 is 4.90 Å². The summed E-state index contributed by atoms with van der Waals surface area (Å²) < 4.78 is 27.2. The van der Waals surface area contributed by atoms with Crippen LogP contribution in [-0.4, -0.2) is 48.9 Å². The van der Waals surface area contributed by atoms with Crippen molar-refractivity contribution in [3.8, 4) is 11.3 Å². The smallest absolute Gasteiger partial charge is 0.243 e. The molecule has 2 aliphatic rings. The Morgan fingerprint density at radius 1 is 1.00 bits per heavy atom. The maximum absolute atomic E-state index is 12.8. The van der Waals surface area contributed by atoms with Gasteiger partial charge in [-0.3, -0.25) is 4.98 Å². The number of rotatable bonds is 4. The number of fused-ring (bicyclic) bond motifs is 1. The fourth-order valence-electron chi connectivity index (χ4n) is 3.50. The van der Waals surface area contributed by atoms with E-state index in [-0.39, 0.29) is 0 Å². The molecule has 2 aromatic heterocycles. The molecule has 2 saturated heterocycles. The van der Waals surface area contributed by atoms with Crippen LogP contribution in [0.2, 0.25) is 0 Å². The van der Waals surface area contributed by atoms with Gasteiger partial charge in [-0.2, -0.15) is 4.31 Å². The second-order valence-corrected chi connectivity index (χ2v) is 8.83. The summed E-state index contributed by atoms with van der Waals surface area (Å²) in [6.07, 6.45) is 3.87. The van der Waals surface area contributed by atoms with E-state index in [9.17, 15) is 8.42 Å². The molecule has 6 nitrogen and oxygen atoms in total. The number of sulfonamides is 1. The second kappa shape index (κ2) is 5.82. The van der Waals surface area contributed by atoms with Crippen LogP contribution in [0.5, 0.6) is 0 Å². The first-order chi connectivity index (χ1) is 12.6. The first kappa shape index (κ1) is 15.8. The molecule has 7 heteroatoms. The Kier molecular flexibility index (Phi) is 3.55. The molecule has 0 radical (unpaired) electrons. The van der Waals surface area contributed by atoms with Gasteiger partial charge in [0, 0.05) is 43.6 Å². The summed E-state index contributed by atoms with van der Waals surface area (Å²) in [7, 11) is -3.41. The van der Waals surface area contributed by atoms with Crippen molar-refractivity contribution in [2.75, 3.05) is 31.1 Å². The lowest BCUT2D eigenvalue weighted by Gasteiger charge is -2.35. The van der Waals surface area contributed by atoms with E-state index < -0.39 is 10.0 Å². The largest absolute Gasteiger partial charge is 0.371 e. The second-order valence-electron chi connectivity index (χ2n) is 6.90. The van der Waals surface area contributed by atoms with Crippen molar-refractivity contribution < 1.29 is 8.42 Å². The monoisotopic (exact) mass is 368 g/mol. The first-order valence-electron chi connectivity index (χ1n) is 8.96. The molecule has 134 valence electrons. The van der Waals surface area contributed by atoms with Gasteiger partial charge in [0.25, 0.3) is 0 Å². The Balaban J connectivity index is 1.66. The zero-order valence-electron chi connectivity index (χ0n) is 14.4. The molecule has 1 aromatic carbocycles. The van der Waals surface area contributed by atoms with Gasteiger partial charge < -0.3 is 9.88 Å². The van der Waals surface area contributed by atoms with Crippen LogP contribution in [0.1, 0.15) is 12.8 Å². The van der Waals surface area contributed by atoms with Gasteiger partial charge in [-0.05, 0) is 49.2 Å². The minimum Gasteiger partial charge on any atom is -0.371 e. The van der Waals surface area contributed by atoms with Gasteiger partial charge in [0.1, 0.15) is 0 Å². The summed E-state index contributed by atoms with van der Waals surface area (Å²) in [6, 6.07) is 11.4. The molecule has 0 saturated carbocycles. The van der Waals surface area contributed by atoms with Gasteiger partial charge in [0.05, 0.1) is 21.6 Å². The Hall–Kier alpha value is -2.38. The highest BCUT2D eigenvalue weighted by molar-refractivity contribution is 7.89. The number of nitrogens with zero attached hydrogens (tertiary/aromatic N) is 3. The van der Waals surface area contributed by atoms with Crippen LogP contribution in [0.3, 0.4) is 0 Å². The average Bonchev–Trinajstić information content (AvgIpc) is 2.95. The van der Waals surface area contributed by atoms with Crippen molar-refractivity contribution in [1.82, 2.24) is 14.3 Å². The fraction of sp³-hybridized carbons (Fsp3) is 0.316. The predicted octanol–water partition coefficient (Wildman–Crippen LogP) is 2.83. The van der Waals surface area contributed by atoms with Crippen molar-refractivity contribution in [1.29, 1.82) is 0 Å². The third-order valence-electron chi connectivity index (χ3n) is 5.30. The Bertz CT molecular complexity index is 1050. The lowest BCUT2D eigenvalue weighted by atomic mass is 10.1. The zero-order valence-corrected chi connectivity index (χ0v) is 15.2. The number of aromatic amines is 1. The number of hydrogen-bond acceptors (Lipinski definition) is 4. The van der Waals surface area contributed by atoms with Crippen molar-refractivity contribution >= 4 is 26.7 Å². The van der Waals surface area contributed by atoms with E-state index in [1.165, 1.54) is 6.42 Å². The number of hydrogen-bond donors (Lipinski definition) is 1. The number of pyridine rings is 1. The van der Waals surface area contributed by atoms with Crippen LogP contribution >= 0.6 is 0 Å². The minimum atomic E-state index is -3.41. The van der Waals surface area contributed by atoms with E-state index >= 15 is 0 Å². The number of H-pyrrole nitrogens is 1. The molecule has 0 atom stereocenters. The SMILES string of the molecule is O=S(=O)(c1ccc(N2CCC2)c(-c2cc3ncccc3[nH]2)c1)N1CCC1.